The van der Waals surface area contributed by atoms with Gasteiger partial charge in [-0.05, 0) is 31.1 Å². The molecule has 0 aliphatic rings. The van der Waals surface area contributed by atoms with Gasteiger partial charge >= 0.3 is 12.0 Å². The van der Waals surface area contributed by atoms with E-state index in [1.807, 2.05) is 6.92 Å². The van der Waals surface area contributed by atoms with Crippen molar-refractivity contribution in [2.24, 2.45) is 11.8 Å². The van der Waals surface area contributed by atoms with Gasteiger partial charge in [-0.25, -0.2) is 4.79 Å². The molecule has 21 heavy (non-hydrogen) atoms. The van der Waals surface area contributed by atoms with Crippen molar-refractivity contribution in [3.63, 3.8) is 0 Å². The molecule has 0 aliphatic heterocycles. The van der Waals surface area contributed by atoms with Gasteiger partial charge in [-0.3, -0.25) is 4.79 Å². The Hall–Kier alpha value is -1.70. The van der Waals surface area contributed by atoms with Crippen molar-refractivity contribution in [3.05, 3.63) is 0 Å². The molecule has 0 saturated heterocycles. The highest BCUT2D eigenvalue weighted by Gasteiger charge is 2.15. The van der Waals surface area contributed by atoms with Gasteiger partial charge in [-0.1, -0.05) is 20.8 Å². The number of rotatable bonds is 10. The number of carboxylic acids is 1. The minimum absolute atomic E-state index is 0.00269. The highest BCUT2D eigenvalue weighted by atomic mass is 16.4. The summed E-state index contributed by atoms with van der Waals surface area (Å²) in [5.74, 6) is 2.47. The van der Waals surface area contributed by atoms with E-state index >= 15 is 0 Å². The molecule has 0 radical (unpaired) electrons. The maximum Gasteiger partial charge on any atom is 0.315 e. The van der Waals surface area contributed by atoms with Crippen LogP contribution in [0.5, 0.6) is 0 Å². The summed E-state index contributed by atoms with van der Waals surface area (Å²) < 4.78 is 0. The predicted molar refractivity (Wildman–Crippen MR) is 83.9 cm³/mol. The van der Waals surface area contributed by atoms with E-state index in [1.54, 1.807) is 0 Å². The molecule has 3 N–H and O–H groups in total. The zero-order valence-electron chi connectivity index (χ0n) is 13.3. The third-order valence-corrected chi connectivity index (χ3v) is 3.66. The Kier molecular flexibility index (Phi) is 10.1. The van der Waals surface area contributed by atoms with Gasteiger partial charge in [0.1, 0.15) is 0 Å². The van der Waals surface area contributed by atoms with E-state index in [0.29, 0.717) is 31.2 Å². The van der Waals surface area contributed by atoms with Crippen molar-refractivity contribution in [1.29, 1.82) is 0 Å². The zero-order chi connectivity index (χ0) is 16.3. The highest BCUT2D eigenvalue weighted by Crippen LogP contribution is 2.20. The molecule has 5 heteroatoms. The second-order valence-corrected chi connectivity index (χ2v) is 5.64. The largest absolute Gasteiger partial charge is 0.481 e. The number of carbonyl (C=O) groups is 2. The minimum atomic E-state index is -0.772. The van der Waals surface area contributed by atoms with E-state index in [-0.39, 0.29) is 18.5 Å². The van der Waals surface area contributed by atoms with Gasteiger partial charge in [-0.2, -0.15) is 0 Å². The van der Waals surface area contributed by atoms with Crippen LogP contribution < -0.4 is 10.6 Å². The van der Waals surface area contributed by atoms with Crippen molar-refractivity contribution in [2.75, 3.05) is 6.54 Å². The highest BCUT2D eigenvalue weighted by molar-refractivity contribution is 5.74. The van der Waals surface area contributed by atoms with Crippen LogP contribution in [-0.2, 0) is 4.79 Å². The van der Waals surface area contributed by atoms with E-state index in [4.69, 9.17) is 11.5 Å². The van der Waals surface area contributed by atoms with Crippen molar-refractivity contribution in [1.82, 2.24) is 10.6 Å². The maximum absolute atomic E-state index is 11.7. The summed E-state index contributed by atoms with van der Waals surface area (Å²) in [5, 5.41) is 14.4. The van der Waals surface area contributed by atoms with Gasteiger partial charge in [-0.15, -0.1) is 12.3 Å². The topological polar surface area (TPSA) is 78.4 Å². The number of hydrogen-bond acceptors (Lipinski definition) is 2. The fourth-order valence-corrected chi connectivity index (χ4v) is 2.17. The molecule has 0 bridgehead atoms. The third-order valence-electron chi connectivity index (χ3n) is 3.66. The van der Waals surface area contributed by atoms with Gasteiger partial charge in [0.05, 0.1) is 0 Å². The quantitative estimate of drug-likeness (QED) is 0.542. The second kappa shape index (κ2) is 11.0. The predicted octanol–water partition coefficient (Wildman–Crippen LogP) is 2.61. The zero-order valence-corrected chi connectivity index (χ0v) is 13.3. The SMILES string of the molecule is C#CCC(CC)NC(=O)NCCC(CCC(=O)O)C(C)C. The fraction of sp³-hybridized carbons (Fsp3) is 0.750. The number of amides is 2. The molecule has 0 aromatic rings. The van der Waals surface area contributed by atoms with E-state index in [1.165, 1.54) is 0 Å². The fourth-order valence-electron chi connectivity index (χ4n) is 2.17. The molecule has 5 nitrogen and oxygen atoms in total. The number of aliphatic carboxylic acids is 1. The van der Waals surface area contributed by atoms with E-state index < -0.39 is 5.97 Å². The van der Waals surface area contributed by atoms with Crippen LogP contribution in [0.25, 0.3) is 0 Å². The first kappa shape index (κ1) is 19.3. The molecule has 0 saturated carbocycles. The second-order valence-electron chi connectivity index (χ2n) is 5.64. The molecule has 120 valence electrons. The smallest absolute Gasteiger partial charge is 0.315 e. The summed E-state index contributed by atoms with van der Waals surface area (Å²) in [6.07, 6.45) is 8.16. The molecule has 2 unspecified atom stereocenters. The van der Waals surface area contributed by atoms with Crippen LogP contribution in [0.2, 0.25) is 0 Å². The van der Waals surface area contributed by atoms with Gasteiger partial charge in [0.25, 0.3) is 0 Å². The standard InChI is InChI=1S/C16H28N2O3/c1-5-7-14(6-2)18-16(21)17-11-10-13(12(3)4)8-9-15(19)20/h1,12-14H,6-11H2,2-4H3,(H,19,20)(H2,17,18,21). The molecular weight excluding hydrogens is 268 g/mol. The molecular formula is C16H28N2O3. The Balaban J connectivity index is 4.05. The average molecular weight is 296 g/mol. The lowest BCUT2D eigenvalue weighted by Crippen LogP contribution is -2.42. The summed E-state index contributed by atoms with van der Waals surface area (Å²) >= 11 is 0. The molecule has 0 spiro atoms. The summed E-state index contributed by atoms with van der Waals surface area (Å²) in [5.41, 5.74) is 0. The van der Waals surface area contributed by atoms with Crippen molar-refractivity contribution in [2.45, 2.75) is 58.9 Å². The number of hydrogen-bond donors (Lipinski definition) is 3. The average Bonchev–Trinajstić information content (AvgIpc) is 2.41. The van der Waals surface area contributed by atoms with Crippen LogP contribution in [0, 0.1) is 24.2 Å². The Morgan fingerprint density at radius 2 is 1.95 bits per heavy atom. The summed E-state index contributed by atoms with van der Waals surface area (Å²) in [4.78, 5) is 22.3. The molecule has 0 aliphatic carbocycles. The Labute approximate surface area is 127 Å². The first-order valence-corrected chi connectivity index (χ1v) is 7.60. The Morgan fingerprint density at radius 3 is 2.43 bits per heavy atom. The van der Waals surface area contributed by atoms with Crippen LogP contribution in [-0.4, -0.2) is 29.7 Å². The number of carboxylic acid groups (broad SMARTS) is 1. The molecule has 0 rings (SSSR count). The van der Waals surface area contributed by atoms with Crippen LogP contribution >= 0.6 is 0 Å². The summed E-state index contributed by atoms with van der Waals surface area (Å²) in [7, 11) is 0. The first-order valence-electron chi connectivity index (χ1n) is 7.60. The Morgan fingerprint density at radius 1 is 1.29 bits per heavy atom. The normalized spacial score (nSPS) is 13.3. The third kappa shape index (κ3) is 9.78. The molecule has 0 heterocycles. The van der Waals surface area contributed by atoms with Crippen LogP contribution in [0.4, 0.5) is 4.79 Å². The van der Waals surface area contributed by atoms with Crippen LogP contribution in [0.15, 0.2) is 0 Å². The molecule has 2 amide bonds. The number of terminal acetylenes is 1. The maximum atomic E-state index is 11.7. The van der Waals surface area contributed by atoms with Gasteiger partial charge in [0.15, 0.2) is 0 Å². The van der Waals surface area contributed by atoms with E-state index in [9.17, 15) is 9.59 Å². The lowest BCUT2D eigenvalue weighted by molar-refractivity contribution is -0.137. The summed E-state index contributed by atoms with van der Waals surface area (Å²) in [6.45, 7) is 6.67. The van der Waals surface area contributed by atoms with E-state index in [2.05, 4.69) is 30.4 Å². The lowest BCUT2D eigenvalue weighted by Gasteiger charge is -2.21. The van der Waals surface area contributed by atoms with Gasteiger partial charge in [0.2, 0.25) is 0 Å². The number of urea groups is 1. The number of carbonyl (C=O) groups excluding carboxylic acids is 1. The molecule has 2 atom stereocenters. The van der Waals surface area contributed by atoms with Gasteiger partial charge < -0.3 is 15.7 Å². The number of nitrogens with one attached hydrogen (secondary N) is 2. The van der Waals surface area contributed by atoms with Crippen LogP contribution in [0.1, 0.15) is 52.9 Å². The van der Waals surface area contributed by atoms with Crippen LogP contribution in [0.3, 0.4) is 0 Å². The monoisotopic (exact) mass is 296 g/mol. The summed E-state index contributed by atoms with van der Waals surface area (Å²) in [6, 6.07) is -0.208. The lowest BCUT2D eigenvalue weighted by atomic mass is 9.88. The Bertz CT molecular complexity index is 361. The van der Waals surface area contributed by atoms with E-state index in [0.717, 1.165) is 12.8 Å². The van der Waals surface area contributed by atoms with Gasteiger partial charge in [0, 0.05) is 25.4 Å². The minimum Gasteiger partial charge on any atom is -0.481 e. The van der Waals surface area contributed by atoms with Crippen molar-refractivity contribution >= 4 is 12.0 Å². The van der Waals surface area contributed by atoms with Crippen molar-refractivity contribution < 1.29 is 14.7 Å². The first-order chi connectivity index (χ1) is 9.90. The molecule has 0 aromatic carbocycles. The molecule has 0 aromatic heterocycles. The van der Waals surface area contributed by atoms with Crippen molar-refractivity contribution in [3.8, 4) is 12.3 Å². The molecule has 0 fully saturated rings.